The van der Waals surface area contributed by atoms with Gasteiger partial charge in [0.2, 0.25) is 5.88 Å². The molecule has 1 unspecified atom stereocenters. The Balaban J connectivity index is 0.00000306. The molecule has 1 fully saturated rings. The third-order valence-electron chi connectivity index (χ3n) is 5.99. The molecule has 3 heterocycles. The monoisotopic (exact) mass is 470 g/mol. The zero-order chi connectivity index (χ0) is 22.7. The zero-order valence-corrected chi connectivity index (χ0v) is 20.4. The second-order valence-corrected chi connectivity index (χ2v) is 8.34. The molecule has 1 atom stereocenters. The first-order chi connectivity index (χ1) is 15.5. The predicted octanol–water partition coefficient (Wildman–Crippen LogP) is 3.70. The van der Waals surface area contributed by atoms with Crippen LogP contribution in [0.4, 0.5) is 5.69 Å². The van der Waals surface area contributed by atoms with Gasteiger partial charge in [0.25, 0.3) is 0 Å². The molecule has 1 aromatic carbocycles. The second kappa shape index (κ2) is 10.8. The van der Waals surface area contributed by atoms with Gasteiger partial charge in [-0.05, 0) is 32.4 Å². The number of halogens is 1. The van der Waals surface area contributed by atoms with Crippen LogP contribution in [0.3, 0.4) is 0 Å². The standard InChI is InChI=1S/C24H30N6O2.ClH/c1-16-7-5-6-8-20(16)30-12-11-29(15-18(30)3)10-9-21(31)19-14-25-28-23(19)24-26-17(2)13-22(27-24)32-4;/h5-8,13-14,18H,9-12,15H2,1-4H3,(H,25,28);1H. The van der Waals surface area contributed by atoms with Gasteiger partial charge in [-0.25, -0.2) is 4.98 Å². The summed E-state index contributed by atoms with van der Waals surface area (Å²) in [5.74, 6) is 0.913. The number of ether oxygens (including phenoxy) is 1. The van der Waals surface area contributed by atoms with Gasteiger partial charge in [0.15, 0.2) is 11.6 Å². The fourth-order valence-corrected chi connectivity index (χ4v) is 4.30. The molecule has 1 N–H and O–H groups in total. The lowest BCUT2D eigenvalue weighted by Gasteiger charge is -2.41. The molecule has 8 nitrogen and oxygen atoms in total. The molecule has 0 aliphatic carbocycles. The van der Waals surface area contributed by atoms with E-state index in [1.807, 2.05) is 6.92 Å². The van der Waals surface area contributed by atoms with Crippen LogP contribution in [-0.2, 0) is 0 Å². The fraction of sp³-hybridized carbons (Fsp3) is 0.417. The highest BCUT2D eigenvalue weighted by Gasteiger charge is 2.26. The summed E-state index contributed by atoms with van der Waals surface area (Å²) in [4.78, 5) is 26.6. The van der Waals surface area contributed by atoms with Gasteiger partial charge in [0, 0.05) is 56.1 Å². The minimum absolute atomic E-state index is 0. The maximum Gasteiger partial charge on any atom is 0.216 e. The number of benzene rings is 1. The highest BCUT2D eigenvalue weighted by Crippen LogP contribution is 2.25. The summed E-state index contributed by atoms with van der Waals surface area (Å²) >= 11 is 0. The van der Waals surface area contributed by atoms with E-state index in [0.717, 1.165) is 25.3 Å². The normalized spacial score (nSPS) is 16.4. The van der Waals surface area contributed by atoms with E-state index in [1.54, 1.807) is 19.4 Å². The summed E-state index contributed by atoms with van der Waals surface area (Å²) in [6.07, 6.45) is 1.99. The summed E-state index contributed by atoms with van der Waals surface area (Å²) in [5.41, 5.74) is 4.41. The molecular formula is C24H31ClN6O2. The number of Topliss-reactive ketones (excluding diaryl/α,β-unsaturated/α-hetero) is 1. The Labute approximate surface area is 200 Å². The number of aromatic amines is 1. The number of nitrogens with zero attached hydrogens (tertiary/aromatic N) is 5. The Kier molecular flexibility index (Phi) is 8.05. The van der Waals surface area contributed by atoms with Crippen LogP contribution in [0.2, 0.25) is 0 Å². The smallest absolute Gasteiger partial charge is 0.216 e. The fourth-order valence-electron chi connectivity index (χ4n) is 4.30. The lowest BCUT2D eigenvalue weighted by atomic mass is 10.1. The van der Waals surface area contributed by atoms with Crippen LogP contribution in [0.25, 0.3) is 11.5 Å². The third kappa shape index (κ3) is 5.51. The van der Waals surface area contributed by atoms with Crippen molar-refractivity contribution in [1.82, 2.24) is 25.1 Å². The molecule has 3 aromatic rings. The maximum atomic E-state index is 13.0. The maximum absolute atomic E-state index is 13.0. The Hall–Kier alpha value is -2.97. The zero-order valence-electron chi connectivity index (χ0n) is 19.5. The molecule has 9 heteroatoms. The molecule has 0 bridgehead atoms. The Morgan fingerprint density at radius 3 is 2.73 bits per heavy atom. The molecular weight excluding hydrogens is 440 g/mol. The number of carbonyl (C=O) groups excluding carboxylic acids is 1. The lowest BCUT2D eigenvalue weighted by molar-refractivity contribution is 0.0959. The first-order valence-corrected chi connectivity index (χ1v) is 11.0. The van der Waals surface area contributed by atoms with Gasteiger partial charge < -0.3 is 9.64 Å². The molecule has 2 aromatic heterocycles. The molecule has 0 spiro atoms. The average molecular weight is 471 g/mol. The van der Waals surface area contributed by atoms with Gasteiger partial charge in [-0.3, -0.25) is 14.8 Å². The van der Waals surface area contributed by atoms with Crippen LogP contribution in [-0.4, -0.2) is 70.2 Å². The summed E-state index contributed by atoms with van der Waals surface area (Å²) in [7, 11) is 1.56. The van der Waals surface area contributed by atoms with E-state index in [1.165, 1.54) is 11.3 Å². The van der Waals surface area contributed by atoms with Gasteiger partial charge in [-0.2, -0.15) is 10.1 Å². The number of aromatic nitrogens is 4. The summed E-state index contributed by atoms with van der Waals surface area (Å²) in [6.45, 7) is 9.80. The minimum Gasteiger partial charge on any atom is -0.481 e. The number of hydrogen-bond donors (Lipinski definition) is 1. The number of H-pyrrole nitrogens is 1. The Bertz CT molecular complexity index is 1100. The SMILES string of the molecule is COc1cc(C)nc(-c2[nH]ncc2C(=O)CCN2CCN(c3ccccc3C)C(C)C2)n1.Cl. The molecule has 0 amide bonds. The van der Waals surface area contributed by atoms with E-state index >= 15 is 0 Å². The summed E-state index contributed by atoms with van der Waals surface area (Å²) in [6, 6.07) is 10.7. The number of methoxy groups -OCH3 is 1. The number of hydrogen-bond acceptors (Lipinski definition) is 7. The molecule has 4 rings (SSSR count). The van der Waals surface area contributed by atoms with Crippen molar-refractivity contribution in [3.05, 3.63) is 53.3 Å². The molecule has 1 saturated heterocycles. The number of piperazine rings is 1. The van der Waals surface area contributed by atoms with E-state index in [-0.39, 0.29) is 18.2 Å². The average Bonchev–Trinajstić information content (AvgIpc) is 3.28. The molecule has 176 valence electrons. The molecule has 1 aliphatic heterocycles. The molecule has 0 radical (unpaired) electrons. The van der Waals surface area contributed by atoms with Crippen LogP contribution in [0.5, 0.6) is 5.88 Å². The molecule has 0 saturated carbocycles. The van der Waals surface area contributed by atoms with E-state index in [9.17, 15) is 4.79 Å². The number of ketones is 1. The topological polar surface area (TPSA) is 87.2 Å². The number of para-hydroxylation sites is 1. The van der Waals surface area contributed by atoms with E-state index in [2.05, 4.69) is 68.1 Å². The van der Waals surface area contributed by atoms with Gasteiger partial charge in [0.1, 0.15) is 5.69 Å². The molecule has 1 aliphatic rings. The number of nitrogens with one attached hydrogen (secondary N) is 1. The highest BCUT2D eigenvalue weighted by molar-refractivity contribution is 6.00. The molecule has 33 heavy (non-hydrogen) atoms. The quantitative estimate of drug-likeness (QED) is 0.527. The Morgan fingerprint density at radius 1 is 1.21 bits per heavy atom. The highest BCUT2D eigenvalue weighted by atomic mass is 35.5. The lowest BCUT2D eigenvalue weighted by Crippen LogP contribution is -2.52. The Morgan fingerprint density at radius 2 is 2.00 bits per heavy atom. The van der Waals surface area contributed by atoms with E-state index in [4.69, 9.17) is 4.74 Å². The van der Waals surface area contributed by atoms with Gasteiger partial charge in [-0.15, -0.1) is 12.4 Å². The number of anilines is 1. The van der Waals surface area contributed by atoms with Crippen molar-refractivity contribution in [1.29, 1.82) is 0 Å². The van der Waals surface area contributed by atoms with Crippen LogP contribution in [0.15, 0.2) is 36.5 Å². The van der Waals surface area contributed by atoms with Crippen LogP contribution in [0.1, 0.15) is 35.0 Å². The van der Waals surface area contributed by atoms with Crippen molar-refractivity contribution < 1.29 is 9.53 Å². The van der Waals surface area contributed by atoms with Gasteiger partial charge >= 0.3 is 0 Å². The van der Waals surface area contributed by atoms with Crippen molar-refractivity contribution >= 4 is 23.9 Å². The van der Waals surface area contributed by atoms with Crippen LogP contribution < -0.4 is 9.64 Å². The largest absolute Gasteiger partial charge is 0.481 e. The van der Waals surface area contributed by atoms with Crippen molar-refractivity contribution in [3.8, 4) is 17.4 Å². The summed E-state index contributed by atoms with van der Waals surface area (Å²) < 4.78 is 5.24. The van der Waals surface area contributed by atoms with Crippen molar-refractivity contribution in [2.75, 3.05) is 38.2 Å². The van der Waals surface area contributed by atoms with E-state index < -0.39 is 0 Å². The second-order valence-electron chi connectivity index (χ2n) is 8.34. The first-order valence-electron chi connectivity index (χ1n) is 11.0. The van der Waals surface area contributed by atoms with Gasteiger partial charge in [-0.1, -0.05) is 18.2 Å². The first kappa shape index (κ1) is 24.7. The number of rotatable bonds is 7. The van der Waals surface area contributed by atoms with E-state index in [0.29, 0.717) is 42.0 Å². The number of carbonyl (C=O) groups is 1. The number of aryl methyl sites for hydroxylation is 2. The summed E-state index contributed by atoms with van der Waals surface area (Å²) in [5, 5.41) is 6.96. The van der Waals surface area contributed by atoms with Crippen molar-refractivity contribution in [2.24, 2.45) is 0 Å². The predicted molar refractivity (Wildman–Crippen MR) is 132 cm³/mol. The minimum atomic E-state index is 0. The van der Waals surface area contributed by atoms with Crippen LogP contribution >= 0.6 is 12.4 Å². The van der Waals surface area contributed by atoms with Crippen LogP contribution in [0, 0.1) is 13.8 Å². The van der Waals surface area contributed by atoms with Gasteiger partial charge in [0.05, 0.1) is 18.9 Å². The van der Waals surface area contributed by atoms with Crippen molar-refractivity contribution in [3.63, 3.8) is 0 Å². The third-order valence-corrected chi connectivity index (χ3v) is 5.99. The van der Waals surface area contributed by atoms with Crippen molar-refractivity contribution in [2.45, 2.75) is 33.2 Å².